The molecule has 4 heteroatoms. The van der Waals surface area contributed by atoms with Crippen LogP contribution in [0.25, 0.3) is 0 Å². The van der Waals surface area contributed by atoms with Crippen LogP contribution in [-0.2, 0) is 20.8 Å². The predicted octanol–water partition coefficient (Wildman–Crippen LogP) is 5.16. The molecule has 1 aromatic rings. The first kappa shape index (κ1) is 21.8. The van der Waals surface area contributed by atoms with Gasteiger partial charge in [0.05, 0.1) is 25.4 Å². The van der Waals surface area contributed by atoms with Gasteiger partial charge in [-0.25, -0.2) is 0 Å². The molecule has 2 heterocycles. The Hall–Kier alpha value is -0.940. The molecule has 0 spiro atoms. The number of benzene rings is 1. The number of rotatable bonds is 11. The molecule has 0 amide bonds. The third kappa shape index (κ3) is 6.28. The lowest BCUT2D eigenvalue weighted by molar-refractivity contribution is -0.294. The molecule has 28 heavy (non-hydrogen) atoms. The van der Waals surface area contributed by atoms with Crippen molar-refractivity contribution in [3.05, 3.63) is 35.9 Å². The van der Waals surface area contributed by atoms with Gasteiger partial charge in [-0.15, -0.1) is 0 Å². The van der Waals surface area contributed by atoms with Crippen molar-refractivity contribution in [3.8, 4) is 0 Å². The Morgan fingerprint density at radius 3 is 2.50 bits per heavy atom. The molecule has 2 aliphatic rings. The summed E-state index contributed by atoms with van der Waals surface area (Å²) in [6, 6.07) is 10.7. The molecule has 158 valence electrons. The van der Waals surface area contributed by atoms with Crippen LogP contribution < -0.4 is 0 Å². The lowest BCUT2D eigenvalue weighted by Gasteiger charge is -2.41. The molecule has 1 aromatic carbocycles. The summed E-state index contributed by atoms with van der Waals surface area (Å²) in [5.41, 5.74) is 1.22. The van der Waals surface area contributed by atoms with Crippen molar-refractivity contribution in [1.29, 1.82) is 0 Å². The van der Waals surface area contributed by atoms with Crippen molar-refractivity contribution in [2.75, 3.05) is 19.7 Å². The second-order valence-electron chi connectivity index (χ2n) is 8.81. The molecule has 2 fully saturated rings. The fourth-order valence-corrected chi connectivity index (χ4v) is 4.38. The van der Waals surface area contributed by atoms with Crippen LogP contribution in [0.2, 0.25) is 0 Å². The van der Waals surface area contributed by atoms with E-state index in [4.69, 9.17) is 14.2 Å². The minimum absolute atomic E-state index is 0.0945. The Labute approximate surface area is 171 Å². The van der Waals surface area contributed by atoms with Crippen molar-refractivity contribution < 1.29 is 14.2 Å². The molecule has 3 atom stereocenters. The van der Waals surface area contributed by atoms with Gasteiger partial charge in [-0.2, -0.15) is 0 Å². The molecule has 0 unspecified atom stereocenters. The molecular formula is C24H39NO3. The minimum atomic E-state index is -0.523. The predicted molar refractivity (Wildman–Crippen MR) is 113 cm³/mol. The first-order valence-electron chi connectivity index (χ1n) is 11.3. The molecular weight excluding hydrogens is 350 g/mol. The normalized spacial score (nSPS) is 27.0. The Morgan fingerprint density at radius 1 is 1.04 bits per heavy atom. The van der Waals surface area contributed by atoms with E-state index < -0.39 is 5.79 Å². The third-order valence-electron chi connectivity index (χ3n) is 6.01. The van der Waals surface area contributed by atoms with E-state index in [1.807, 2.05) is 19.9 Å². The summed E-state index contributed by atoms with van der Waals surface area (Å²) >= 11 is 0. The van der Waals surface area contributed by atoms with Crippen molar-refractivity contribution in [3.63, 3.8) is 0 Å². The molecule has 3 rings (SSSR count). The van der Waals surface area contributed by atoms with Gasteiger partial charge in [0.15, 0.2) is 5.79 Å². The second kappa shape index (κ2) is 10.7. The van der Waals surface area contributed by atoms with Gasteiger partial charge in [0.25, 0.3) is 0 Å². The van der Waals surface area contributed by atoms with Crippen LogP contribution >= 0.6 is 0 Å². The van der Waals surface area contributed by atoms with Gasteiger partial charge in [0.1, 0.15) is 6.10 Å². The largest absolute Gasteiger partial charge is 0.369 e. The first-order chi connectivity index (χ1) is 13.6. The van der Waals surface area contributed by atoms with Crippen molar-refractivity contribution in [1.82, 2.24) is 4.90 Å². The monoisotopic (exact) mass is 389 g/mol. The van der Waals surface area contributed by atoms with E-state index in [9.17, 15) is 0 Å². The third-order valence-corrected chi connectivity index (χ3v) is 6.01. The van der Waals surface area contributed by atoms with Crippen LogP contribution in [0.1, 0.15) is 71.3 Å². The highest BCUT2D eigenvalue weighted by Crippen LogP contribution is 2.34. The zero-order valence-electron chi connectivity index (χ0n) is 18.1. The van der Waals surface area contributed by atoms with Crippen molar-refractivity contribution in [2.24, 2.45) is 0 Å². The minimum Gasteiger partial charge on any atom is -0.369 e. The molecule has 0 saturated carbocycles. The van der Waals surface area contributed by atoms with E-state index in [0.717, 1.165) is 19.7 Å². The maximum atomic E-state index is 6.33. The highest BCUT2D eigenvalue weighted by atomic mass is 16.7. The SMILES string of the molecule is CCCCCCCCCN1C[C@@H](OCc2ccccc2)[C@@H]2OC(C)(C)OC[C@@H]21. The van der Waals surface area contributed by atoms with Gasteiger partial charge in [-0.3, -0.25) is 4.90 Å². The van der Waals surface area contributed by atoms with Crippen molar-refractivity contribution >= 4 is 0 Å². The van der Waals surface area contributed by atoms with E-state index in [1.165, 1.54) is 50.5 Å². The highest BCUT2D eigenvalue weighted by molar-refractivity contribution is 5.13. The first-order valence-corrected chi connectivity index (χ1v) is 11.3. The number of hydrogen-bond donors (Lipinski definition) is 0. The average molecular weight is 390 g/mol. The fraction of sp³-hybridized carbons (Fsp3) is 0.750. The summed E-state index contributed by atoms with van der Waals surface area (Å²) < 4.78 is 18.6. The topological polar surface area (TPSA) is 30.9 Å². The summed E-state index contributed by atoms with van der Waals surface area (Å²) in [7, 11) is 0. The van der Waals surface area contributed by atoms with Crippen LogP contribution in [0.5, 0.6) is 0 Å². The van der Waals surface area contributed by atoms with E-state index in [1.54, 1.807) is 0 Å². The van der Waals surface area contributed by atoms with Gasteiger partial charge < -0.3 is 14.2 Å². The standard InChI is InChI=1S/C24H39NO3/c1-4-5-6-7-8-9-13-16-25-17-22(26-18-20-14-11-10-12-15-20)23-21(25)19-27-24(2,3)28-23/h10-12,14-15,21-23H,4-9,13,16-19H2,1-3H3/t21-,22+,23+/m0/s1. The van der Waals surface area contributed by atoms with E-state index >= 15 is 0 Å². The van der Waals surface area contributed by atoms with Crippen LogP contribution in [0, 0.1) is 0 Å². The zero-order valence-corrected chi connectivity index (χ0v) is 18.1. The number of hydrogen-bond acceptors (Lipinski definition) is 4. The Balaban J connectivity index is 1.49. The second-order valence-corrected chi connectivity index (χ2v) is 8.81. The maximum Gasteiger partial charge on any atom is 0.163 e. The fourth-order valence-electron chi connectivity index (χ4n) is 4.38. The lowest BCUT2D eigenvalue weighted by Crippen LogP contribution is -2.53. The van der Waals surface area contributed by atoms with Gasteiger partial charge in [0, 0.05) is 6.54 Å². The molecule has 0 bridgehead atoms. The zero-order chi connectivity index (χ0) is 19.8. The number of fused-ring (bicyclic) bond motifs is 1. The summed E-state index contributed by atoms with van der Waals surface area (Å²) in [6.07, 6.45) is 9.59. The average Bonchev–Trinajstić information content (AvgIpc) is 3.02. The summed E-state index contributed by atoms with van der Waals surface area (Å²) in [5.74, 6) is -0.523. The van der Waals surface area contributed by atoms with Crippen LogP contribution in [-0.4, -0.2) is 48.6 Å². The summed E-state index contributed by atoms with van der Waals surface area (Å²) in [5, 5.41) is 0. The summed E-state index contributed by atoms with van der Waals surface area (Å²) in [6.45, 7) is 9.73. The van der Waals surface area contributed by atoms with Crippen LogP contribution in [0.4, 0.5) is 0 Å². The van der Waals surface area contributed by atoms with Crippen molar-refractivity contribution in [2.45, 2.75) is 96.4 Å². The van der Waals surface area contributed by atoms with E-state index in [2.05, 4.69) is 36.1 Å². The molecule has 0 N–H and O–H groups in total. The Bertz CT molecular complexity index is 562. The quantitative estimate of drug-likeness (QED) is 0.489. The molecule has 0 radical (unpaired) electrons. The molecule has 2 saturated heterocycles. The number of nitrogens with zero attached hydrogens (tertiary/aromatic N) is 1. The molecule has 2 aliphatic heterocycles. The number of unbranched alkanes of at least 4 members (excludes halogenated alkanes) is 6. The number of likely N-dealkylation sites (tertiary alicyclic amines) is 1. The molecule has 4 nitrogen and oxygen atoms in total. The van der Waals surface area contributed by atoms with Gasteiger partial charge in [-0.05, 0) is 32.4 Å². The lowest BCUT2D eigenvalue weighted by atomic mass is 10.1. The van der Waals surface area contributed by atoms with Gasteiger partial charge in [0.2, 0.25) is 0 Å². The van der Waals surface area contributed by atoms with Crippen LogP contribution in [0.3, 0.4) is 0 Å². The molecule has 0 aromatic heterocycles. The van der Waals surface area contributed by atoms with Crippen LogP contribution in [0.15, 0.2) is 30.3 Å². The smallest absolute Gasteiger partial charge is 0.163 e. The summed E-state index contributed by atoms with van der Waals surface area (Å²) in [4.78, 5) is 2.54. The van der Waals surface area contributed by atoms with E-state index in [0.29, 0.717) is 12.6 Å². The van der Waals surface area contributed by atoms with Gasteiger partial charge >= 0.3 is 0 Å². The Kier molecular flexibility index (Phi) is 8.34. The highest BCUT2D eigenvalue weighted by Gasteiger charge is 2.49. The number of ether oxygens (including phenoxy) is 3. The Morgan fingerprint density at radius 2 is 1.75 bits per heavy atom. The molecule has 0 aliphatic carbocycles. The van der Waals surface area contributed by atoms with E-state index in [-0.39, 0.29) is 12.2 Å². The van der Waals surface area contributed by atoms with Gasteiger partial charge in [-0.1, -0.05) is 75.8 Å². The maximum absolute atomic E-state index is 6.33.